The van der Waals surface area contributed by atoms with Crippen molar-refractivity contribution in [1.82, 2.24) is 0 Å². The third kappa shape index (κ3) is 11.5. The predicted octanol–water partition coefficient (Wildman–Crippen LogP) is 4.00. The maximum Gasteiger partial charge on any atom is 0.129 e. The van der Waals surface area contributed by atoms with Gasteiger partial charge in [-0.1, -0.05) is 25.2 Å². The smallest absolute Gasteiger partial charge is 0.129 e. The second kappa shape index (κ2) is 6.04. The molecule has 1 heteroatoms. The first kappa shape index (κ1) is 12.5. The van der Waals surface area contributed by atoms with Gasteiger partial charge in [-0.05, 0) is 26.2 Å². The molecule has 0 amide bonds. The predicted molar refractivity (Wildman–Crippen MR) is 64.4 cm³/mol. The molecule has 0 aliphatic heterocycles. The Hall–Kier alpha value is -0.483. The van der Waals surface area contributed by atoms with Gasteiger partial charge in [-0.15, -0.1) is 18.0 Å². The van der Waals surface area contributed by atoms with Crippen molar-refractivity contribution in [3.05, 3.63) is 12.2 Å². The topological polar surface area (TPSA) is 0 Å². The second-order valence-electron chi connectivity index (χ2n) is 4.72. The average molecular weight is 194 g/mol. The normalized spacial score (nSPS) is 10.5. The molecule has 0 aromatic carbocycles. The van der Waals surface area contributed by atoms with Gasteiger partial charge in [0.1, 0.15) is 8.07 Å². The van der Waals surface area contributed by atoms with Crippen molar-refractivity contribution in [2.24, 2.45) is 0 Å². The number of hydrogen-bond acceptors (Lipinski definition) is 0. The summed E-state index contributed by atoms with van der Waals surface area (Å²) < 4.78 is 0. The van der Waals surface area contributed by atoms with E-state index in [1.165, 1.54) is 18.4 Å². The van der Waals surface area contributed by atoms with E-state index < -0.39 is 8.07 Å². The SMILES string of the molecule is C=C(C)CCCCC#C[Si](C)(C)C. The highest BCUT2D eigenvalue weighted by Crippen LogP contribution is 2.05. The fourth-order valence-corrected chi connectivity index (χ4v) is 1.62. The Morgan fingerprint density at radius 3 is 2.31 bits per heavy atom. The Bertz CT molecular complexity index is 210. The van der Waals surface area contributed by atoms with Gasteiger partial charge in [-0.2, -0.15) is 0 Å². The van der Waals surface area contributed by atoms with E-state index in [-0.39, 0.29) is 0 Å². The molecule has 0 saturated carbocycles. The lowest BCUT2D eigenvalue weighted by Gasteiger charge is -2.03. The molecule has 0 atom stereocenters. The van der Waals surface area contributed by atoms with Crippen molar-refractivity contribution in [1.29, 1.82) is 0 Å². The van der Waals surface area contributed by atoms with Gasteiger partial charge in [-0.25, -0.2) is 0 Å². The largest absolute Gasteiger partial charge is 0.132 e. The van der Waals surface area contributed by atoms with Crippen molar-refractivity contribution < 1.29 is 0 Å². The maximum absolute atomic E-state index is 3.88. The van der Waals surface area contributed by atoms with Gasteiger partial charge in [0.05, 0.1) is 0 Å². The molecule has 0 aromatic heterocycles. The van der Waals surface area contributed by atoms with Crippen LogP contribution in [0.3, 0.4) is 0 Å². The van der Waals surface area contributed by atoms with Gasteiger partial charge >= 0.3 is 0 Å². The summed E-state index contributed by atoms with van der Waals surface area (Å²) >= 11 is 0. The van der Waals surface area contributed by atoms with E-state index in [1.54, 1.807) is 0 Å². The molecular weight excluding hydrogens is 172 g/mol. The lowest BCUT2D eigenvalue weighted by atomic mass is 10.1. The third-order valence-corrected chi connectivity index (χ3v) is 2.55. The first-order chi connectivity index (χ1) is 5.92. The van der Waals surface area contributed by atoms with Crippen LogP contribution in [0.1, 0.15) is 32.6 Å². The molecule has 0 N–H and O–H groups in total. The third-order valence-electron chi connectivity index (χ3n) is 1.62. The quantitative estimate of drug-likeness (QED) is 0.275. The monoisotopic (exact) mass is 194 g/mol. The Morgan fingerprint density at radius 1 is 1.23 bits per heavy atom. The molecule has 0 bridgehead atoms. The highest BCUT2D eigenvalue weighted by molar-refractivity contribution is 6.83. The lowest BCUT2D eigenvalue weighted by molar-refractivity contribution is 0.752. The molecule has 0 aliphatic carbocycles. The number of allylic oxidation sites excluding steroid dienone is 1. The van der Waals surface area contributed by atoms with E-state index in [1.807, 2.05) is 0 Å². The van der Waals surface area contributed by atoms with Crippen LogP contribution in [0.5, 0.6) is 0 Å². The van der Waals surface area contributed by atoms with Crippen LogP contribution in [-0.4, -0.2) is 8.07 Å². The summed E-state index contributed by atoms with van der Waals surface area (Å²) in [5.74, 6) is 3.28. The van der Waals surface area contributed by atoms with Crippen molar-refractivity contribution >= 4 is 8.07 Å². The van der Waals surface area contributed by atoms with Crippen LogP contribution in [0.4, 0.5) is 0 Å². The van der Waals surface area contributed by atoms with Crippen LogP contribution in [-0.2, 0) is 0 Å². The van der Waals surface area contributed by atoms with E-state index in [4.69, 9.17) is 0 Å². The molecule has 0 unspecified atom stereocenters. The molecule has 0 saturated heterocycles. The van der Waals surface area contributed by atoms with Gasteiger partial charge in [0, 0.05) is 6.42 Å². The van der Waals surface area contributed by atoms with Crippen molar-refractivity contribution in [3.8, 4) is 11.5 Å². The summed E-state index contributed by atoms with van der Waals surface area (Å²) in [4.78, 5) is 0. The Morgan fingerprint density at radius 2 is 1.85 bits per heavy atom. The number of rotatable bonds is 4. The van der Waals surface area contributed by atoms with E-state index in [0.29, 0.717) is 0 Å². The summed E-state index contributed by atoms with van der Waals surface area (Å²) in [7, 11) is -1.12. The van der Waals surface area contributed by atoms with Crippen LogP contribution in [0.2, 0.25) is 19.6 Å². The molecule has 0 rings (SSSR count). The van der Waals surface area contributed by atoms with Crippen LogP contribution in [0, 0.1) is 11.5 Å². The Kier molecular flexibility index (Phi) is 5.82. The highest BCUT2D eigenvalue weighted by Gasteiger charge is 2.06. The summed E-state index contributed by atoms with van der Waals surface area (Å²) in [6.45, 7) is 12.8. The van der Waals surface area contributed by atoms with Gasteiger partial charge < -0.3 is 0 Å². The molecule has 74 valence electrons. The van der Waals surface area contributed by atoms with E-state index >= 15 is 0 Å². The fourth-order valence-electron chi connectivity index (χ4n) is 0.968. The highest BCUT2D eigenvalue weighted by atomic mass is 28.3. The van der Waals surface area contributed by atoms with Crippen LogP contribution >= 0.6 is 0 Å². The maximum atomic E-state index is 3.88. The van der Waals surface area contributed by atoms with E-state index in [0.717, 1.165) is 12.8 Å². The Labute approximate surface area is 84.4 Å². The summed E-state index contributed by atoms with van der Waals surface area (Å²) in [6.07, 6.45) is 4.70. The van der Waals surface area contributed by atoms with Gasteiger partial charge in [0.25, 0.3) is 0 Å². The molecule has 13 heavy (non-hydrogen) atoms. The average Bonchev–Trinajstić information content (AvgIpc) is 1.93. The van der Waals surface area contributed by atoms with E-state index in [9.17, 15) is 0 Å². The molecule has 0 heterocycles. The zero-order valence-corrected chi connectivity index (χ0v) is 10.5. The molecule has 0 fully saturated rings. The first-order valence-corrected chi connectivity index (χ1v) is 8.56. The van der Waals surface area contributed by atoms with Crippen molar-refractivity contribution in [3.63, 3.8) is 0 Å². The van der Waals surface area contributed by atoms with Crippen molar-refractivity contribution in [2.45, 2.75) is 52.2 Å². The van der Waals surface area contributed by atoms with E-state index in [2.05, 4.69) is 44.6 Å². The lowest BCUT2D eigenvalue weighted by Crippen LogP contribution is -2.16. The minimum Gasteiger partial charge on any atom is -0.132 e. The van der Waals surface area contributed by atoms with Gasteiger partial charge in [0.15, 0.2) is 0 Å². The molecule has 0 radical (unpaired) electrons. The fraction of sp³-hybridized carbons (Fsp3) is 0.667. The molecule has 0 aromatic rings. The standard InChI is InChI=1S/C12H22Si/c1-12(2)10-8-6-7-9-11-13(3,4)5/h1,6-8,10H2,2-5H3. The number of hydrogen-bond donors (Lipinski definition) is 0. The molecule has 0 aliphatic rings. The number of unbranched alkanes of at least 4 members (excludes halogenated alkanes) is 2. The summed E-state index contributed by atoms with van der Waals surface area (Å²) in [6, 6.07) is 0. The van der Waals surface area contributed by atoms with Gasteiger partial charge in [0.2, 0.25) is 0 Å². The van der Waals surface area contributed by atoms with Crippen molar-refractivity contribution in [2.75, 3.05) is 0 Å². The zero-order chi connectivity index (χ0) is 10.3. The minimum atomic E-state index is -1.12. The minimum absolute atomic E-state index is 1.07. The second-order valence-corrected chi connectivity index (χ2v) is 9.47. The Balaban J connectivity index is 3.44. The molecule has 0 nitrogen and oxygen atoms in total. The summed E-state index contributed by atoms with van der Waals surface area (Å²) in [5.41, 5.74) is 4.67. The summed E-state index contributed by atoms with van der Waals surface area (Å²) in [5, 5.41) is 0. The first-order valence-electron chi connectivity index (χ1n) is 5.06. The van der Waals surface area contributed by atoms with Crippen LogP contribution in [0.15, 0.2) is 12.2 Å². The molecule has 0 spiro atoms. The zero-order valence-electron chi connectivity index (χ0n) is 9.54. The van der Waals surface area contributed by atoms with Gasteiger partial charge in [-0.3, -0.25) is 0 Å². The molecular formula is C12H22Si. The van der Waals surface area contributed by atoms with Crippen LogP contribution < -0.4 is 0 Å². The van der Waals surface area contributed by atoms with Crippen LogP contribution in [0.25, 0.3) is 0 Å².